The van der Waals surface area contributed by atoms with Crippen molar-refractivity contribution in [1.82, 2.24) is 9.80 Å². The maximum Gasteiger partial charge on any atom is 0.101 e. The summed E-state index contributed by atoms with van der Waals surface area (Å²) < 4.78 is 0. The van der Waals surface area contributed by atoms with Gasteiger partial charge in [-0.1, -0.05) is 103 Å². The van der Waals surface area contributed by atoms with Gasteiger partial charge in [-0.25, -0.2) is 0 Å². The van der Waals surface area contributed by atoms with Gasteiger partial charge in [0.05, 0.1) is 0 Å². The largest absolute Gasteiger partial charge is 0.354 e. The van der Waals surface area contributed by atoms with Gasteiger partial charge in [-0.15, -0.1) is 0 Å². The second-order valence-corrected chi connectivity index (χ2v) is 9.95. The fourth-order valence-corrected chi connectivity index (χ4v) is 4.71. The highest BCUT2D eigenvalue weighted by molar-refractivity contribution is 4.99. The Hall–Kier alpha value is -0.660. The third kappa shape index (κ3) is 11.9. The van der Waals surface area contributed by atoms with Crippen molar-refractivity contribution >= 4 is 0 Å². The van der Waals surface area contributed by atoms with Gasteiger partial charge in [0, 0.05) is 24.5 Å². The van der Waals surface area contributed by atoms with Crippen LogP contribution in [0.2, 0.25) is 0 Å². The number of nitrogens with zero attached hydrogens (tertiary/aromatic N) is 2. The van der Waals surface area contributed by atoms with Crippen LogP contribution in [0.5, 0.6) is 0 Å². The third-order valence-electron chi connectivity index (χ3n) is 6.61. The molecule has 0 aromatic rings. The van der Waals surface area contributed by atoms with Gasteiger partial charge in [0.15, 0.2) is 0 Å². The molecule has 29 heavy (non-hydrogen) atoms. The first kappa shape index (κ1) is 26.4. The lowest BCUT2D eigenvalue weighted by molar-refractivity contribution is 0.0946. The summed E-state index contributed by atoms with van der Waals surface area (Å²) in [4.78, 5) is 5.09. The summed E-state index contributed by atoms with van der Waals surface area (Å²) >= 11 is 0. The second kappa shape index (κ2) is 17.1. The average Bonchev–Trinajstić information content (AvgIpc) is 3.12. The molecule has 172 valence electrons. The van der Waals surface area contributed by atoms with Crippen LogP contribution in [-0.2, 0) is 0 Å². The molecule has 0 radical (unpaired) electrons. The van der Waals surface area contributed by atoms with Gasteiger partial charge < -0.3 is 9.80 Å². The molecule has 0 saturated carbocycles. The highest BCUT2D eigenvalue weighted by Gasteiger charge is 2.28. The SMILES string of the molecule is CCCCCCCCCCCCCCCCCCC1N(C(C)C)C=CN1C(C)C. The van der Waals surface area contributed by atoms with Crippen molar-refractivity contribution in [3.63, 3.8) is 0 Å². The van der Waals surface area contributed by atoms with Crippen molar-refractivity contribution < 1.29 is 0 Å². The smallest absolute Gasteiger partial charge is 0.101 e. The summed E-state index contributed by atoms with van der Waals surface area (Å²) in [6.45, 7) is 11.6. The minimum absolute atomic E-state index is 0.585. The van der Waals surface area contributed by atoms with Gasteiger partial charge >= 0.3 is 0 Å². The second-order valence-electron chi connectivity index (χ2n) is 9.95. The number of unbranched alkanes of at least 4 members (excludes halogenated alkanes) is 15. The topological polar surface area (TPSA) is 6.48 Å². The van der Waals surface area contributed by atoms with Gasteiger partial charge in [-0.3, -0.25) is 0 Å². The summed E-state index contributed by atoms with van der Waals surface area (Å²) in [6.07, 6.45) is 29.7. The minimum Gasteiger partial charge on any atom is -0.354 e. The third-order valence-corrected chi connectivity index (χ3v) is 6.61. The van der Waals surface area contributed by atoms with Crippen LogP contribution in [0.25, 0.3) is 0 Å². The molecular weight excluding hydrogens is 352 g/mol. The average molecular weight is 407 g/mol. The zero-order valence-corrected chi connectivity index (χ0v) is 20.8. The lowest BCUT2D eigenvalue weighted by Crippen LogP contribution is -2.44. The first-order valence-electron chi connectivity index (χ1n) is 13.3. The van der Waals surface area contributed by atoms with Crippen LogP contribution < -0.4 is 0 Å². The zero-order valence-electron chi connectivity index (χ0n) is 20.8. The zero-order chi connectivity index (χ0) is 21.3. The van der Waals surface area contributed by atoms with Crippen LogP contribution in [0.3, 0.4) is 0 Å². The molecule has 0 spiro atoms. The van der Waals surface area contributed by atoms with E-state index in [-0.39, 0.29) is 0 Å². The van der Waals surface area contributed by atoms with Gasteiger partial charge in [0.25, 0.3) is 0 Å². The molecule has 0 aromatic heterocycles. The van der Waals surface area contributed by atoms with Gasteiger partial charge in [-0.2, -0.15) is 0 Å². The molecule has 0 fully saturated rings. The van der Waals surface area contributed by atoms with Gasteiger partial charge in [0.1, 0.15) is 6.17 Å². The summed E-state index contributed by atoms with van der Waals surface area (Å²) in [5, 5.41) is 0. The predicted molar refractivity (Wildman–Crippen MR) is 131 cm³/mol. The Morgan fingerprint density at radius 3 is 1.14 bits per heavy atom. The van der Waals surface area contributed by atoms with E-state index in [9.17, 15) is 0 Å². The van der Waals surface area contributed by atoms with Crippen molar-refractivity contribution in [3.8, 4) is 0 Å². The molecule has 0 N–H and O–H groups in total. The Balaban J connectivity index is 1.91. The van der Waals surface area contributed by atoms with E-state index in [4.69, 9.17) is 0 Å². The van der Waals surface area contributed by atoms with Crippen LogP contribution >= 0.6 is 0 Å². The lowest BCUT2D eigenvalue weighted by atomic mass is 10.0. The van der Waals surface area contributed by atoms with Gasteiger partial charge in [-0.05, 0) is 40.5 Å². The molecule has 0 aliphatic carbocycles. The van der Waals surface area contributed by atoms with E-state index < -0.39 is 0 Å². The molecule has 0 aromatic carbocycles. The Labute approximate surface area is 184 Å². The number of hydrogen-bond acceptors (Lipinski definition) is 2. The molecule has 0 amide bonds. The molecule has 0 unspecified atom stereocenters. The van der Waals surface area contributed by atoms with Crippen molar-refractivity contribution in [1.29, 1.82) is 0 Å². The van der Waals surface area contributed by atoms with Crippen LogP contribution in [0, 0.1) is 0 Å². The molecule has 0 atom stereocenters. The molecule has 1 heterocycles. The normalized spacial score (nSPS) is 14.9. The molecular formula is C27H54N2. The first-order valence-corrected chi connectivity index (χ1v) is 13.3. The molecule has 2 nitrogen and oxygen atoms in total. The summed E-state index contributed by atoms with van der Waals surface area (Å²) in [5.41, 5.74) is 0. The van der Waals surface area contributed by atoms with E-state index in [0.717, 1.165) is 0 Å². The number of rotatable bonds is 19. The summed E-state index contributed by atoms with van der Waals surface area (Å²) in [6, 6.07) is 1.20. The standard InChI is InChI=1S/C27H54N2/c1-6-7-8-9-10-11-12-13-14-15-16-17-18-19-20-21-22-27-28(25(2)3)23-24-29(27)26(4)5/h23-27H,6-22H2,1-5H3. The fraction of sp³-hybridized carbons (Fsp3) is 0.926. The highest BCUT2D eigenvalue weighted by atomic mass is 15.4. The van der Waals surface area contributed by atoms with Crippen LogP contribution in [0.4, 0.5) is 0 Å². The minimum atomic E-state index is 0.585. The molecule has 0 bridgehead atoms. The van der Waals surface area contributed by atoms with Crippen molar-refractivity contribution in [2.45, 2.75) is 162 Å². The van der Waals surface area contributed by atoms with E-state index in [1.165, 1.54) is 109 Å². The Kier molecular flexibility index (Phi) is 15.5. The van der Waals surface area contributed by atoms with E-state index in [0.29, 0.717) is 18.2 Å². The van der Waals surface area contributed by atoms with Gasteiger partial charge in [0.2, 0.25) is 0 Å². The van der Waals surface area contributed by atoms with Crippen molar-refractivity contribution in [2.24, 2.45) is 0 Å². The predicted octanol–water partition coefficient (Wildman–Crippen LogP) is 8.87. The molecule has 0 saturated heterocycles. The number of hydrogen-bond donors (Lipinski definition) is 0. The molecule has 1 rings (SSSR count). The lowest BCUT2D eigenvalue weighted by Gasteiger charge is -2.37. The molecule has 2 heteroatoms. The van der Waals surface area contributed by atoms with E-state index >= 15 is 0 Å². The van der Waals surface area contributed by atoms with E-state index in [2.05, 4.69) is 56.8 Å². The Morgan fingerprint density at radius 2 is 0.828 bits per heavy atom. The van der Waals surface area contributed by atoms with Crippen LogP contribution in [-0.4, -0.2) is 28.0 Å². The van der Waals surface area contributed by atoms with Crippen LogP contribution in [0.1, 0.15) is 144 Å². The fourth-order valence-electron chi connectivity index (χ4n) is 4.71. The summed E-state index contributed by atoms with van der Waals surface area (Å²) in [5.74, 6) is 0. The monoisotopic (exact) mass is 406 g/mol. The maximum absolute atomic E-state index is 2.55. The van der Waals surface area contributed by atoms with E-state index in [1.807, 2.05) is 0 Å². The Morgan fingerprint density at radius 1 is 0.517 bits per heavy atom. The van der Waals surface area contributed by atoms with E-state index in [1.54, 1.807) is 0 Å². The highest BCUT2D eigenvalue weighted by Crippen LogP contribution is 2.25. The Bertz CT molecular complexity index is 370. The first-order chi connectivity index (χ1) is 14.1. The van der Waals surface area contributed by atoms with Crippen molar-refractivity contribution in [3.05, 3.63) is 12.4 Å². The molecule has 1 aliphatic heterocycles. The molecule has 1 aliphatic rings. The van der Waals surface area contributed by atoms with Crippen LogP contribution in [0.15, 0.2) is 12.4 Å². The quantitative estimate of drug-likeness (QED) is 0.198. The van der Waals surface area contributed by atoms with Crippen molar-refractivity contribution in [2.75, 3.05) is 0 Å². The maximum atomic E-state index is 2.55. The summed E-state index contributed by atoms with van der Waals surface area (Å²) in [7, 11) is 0.